The van der Waals surface area contributed by atoms with Crippen molar-refractivity contribution in [1.82, 2.24) is 4.90 Å². The lowest BCUT2D eigenvalue weighted by molar-refractivity contribution is -0.131. The highest BCUT2D eigenvalue weighted by atomic mass is 16.4. The molecule has 1 aliphatic rings. The lowest BCUT2D eigenvalue weighted by Gasteiger charge is -2.19. The minimum absolute atomic E-state index is 0.228. The molecule has 78 valence electrons. The Hall–Kier alpha value is -1.36. The van der Waals surface area contributed by atoms with Crippen LogP contribution in [0, 0.1) is 0 Å². The predicted octanol–water partition coefficient (Wildman–Crippen LogP) is -0.423. The molecule has 1 amide bonds. The molecule has 1 atom stereocenters. The summed E-state index contributed by atoms with van der Waals surface area (Å²) in [6.07, 6.45) is 4.32. The van der Waals surface area contributed by atoms with Crippen molar-refractivity contribution in [2.75, 3.05) is 13.1 Å². The summed E-state index contributed by atoms with van der Waals surface area (Å²) in [5, 5.41) is 8.37. The number of nitrogens with zero attached hydrogens (tertiary/aromatic N) is 1. The SMILES string of the molecule is NC(=O)C1CCCN1CC=CC(=O)O. The number of nitrogens with two attached hydrogens (primary N) is 1. The molecule has 1 heterocycles. The zero-order valence-electron chi connectivity index (χ0n) is 7.85. The van der Waals surface area contributed by atoms with Gasteiger partial charge < -0.3 is 10.8 Å². The molecule has 1 unspecified atom stereocenters. The van der Waals surface area contributed by atoms with Crippen LogP contribution in [0.15, 0.2) is 12.2 Å². The Morgan fingerprint density at radius 1 is 1.57 bits per heavy atom. The van der Waals surface area contributed by atoms with E-state index in [2.05, 4.69) is 0 Å². The monoisotopic (exact) mass is 198 g/mol. The second-order valence-corrected chi connectivity index (χ2v) is 3.30. The largest absolute Gasteiger partial charge is 0.478 e. The average molecular weight is 198 g/mol. The fourth-order valence-corrected chi connectivity index (χ4v) is 1.66. The van der Waals surface area contributed by atoms with Crippen LogP contribution in [0.25, 0.3) is 0 Å². The van der Waals surface area contributed by atoms with E-state index >= 15 is 0 Å². The van der Waals surface area contributed by atoms with Crippen molar-refractivity contribution >= 4 is 11.9 Å². The van der Waals surface area contributed by atoms with Crippen molar-refractivity contribution in [2.45, 2.75) is 18.9 Å². The van der Waals surface area contributed by atoms with Crippen LogP contribution in [0.2, 0.25) is 0 Å². The van der Waals surface area contributed by atoms with Gasteiger partial charge in [0.2, 0.25) is 5.91 Å². The van der Waals surface area contributed by atoms with Crippen LogP contribution in [0.5, 0.6) is 0 Å². The number of carbonyl (C=O) groups is 2. The number of carbonyl (C=O) groups excluding carboxylic acids is 1. The van der Waals surface area contributed by atoms with Crippen molar-refractivity contribution in [2.24, 2.45) is 5.73 Å². The molecular weight excluding hydrogens is 184 g/mol. The molecule has 5 heteroatoms. The first-order valence-corrected chi connectivity index (χ1v) is 4.54. The Morgan fingerprint density at radius 2 is 2.29 bits per heavy atom. The molecule has 0 saturated carbocycles. The van der Waals surface area contributed by atoms with Crippen LogP contribution in [0.3, 0.4) is 0 Å². The van der Waals surface area contributed by atoms with Gasteiger partial charge in [0, 0.05) is 12.6 Å². The number of amides is 1. The molecule has 14 heavy (non-hydrogen) atoms. The Kier molecular flexibility index (Phi) is 3.64. The van der Waals surface area contributed by atoms with Gasteiger partial charge in [-0.2, -0.15) is 0 Å². The number of rotatable bonds is 4. The van der Waals surface area contributed by atoms with E-state index in [1.165, 1.54) is 6.08 Å². The zero-order valence-corrected chi connectivity index (χ0v) is 7.85. The summed E-state index contributed by atoms with van der Waals surface area (Å²) in [5.41, 5.74) is 5.20. The van der Waals surface area contributed by atoms with Gasteiger partial charge in [0.25, 0.3) is 0 Å². The summed E-state index contributed by atoms with van der Waals surface area (Å²) in [5.74, 6) is -1.30. The molecule has 3 N–H and O–H groups in total. The number of likely N-dealkylation sites (tertiary alicyclic amines) is 1. The number of carboxylic acid groups (broad SMARTS) is 1. The standard InChI is InChI=1S/C9H14N2O3/c10-9(14)7-3-1-5-11(7)6-2-4-8(12)13/h2,4,7H,1,3,5-6H2,(H2,10,14)(H,12,13). The molecule has 0 aromatic heterocycles. The second-order valence-electron chi connectivity index (χ2n) is 3.30. The molecule has 0 radical (unpaired) electrons. The molecule has 1 fully saturated rings. The van der Waals surface area contributed by atoms with Crippen LogP contribution in [0.1, 0.15) is 12.8 Å². The highest BCUT2D eigenvalue weighted by Crippen LogP contribution is 2.15. The Bertz CT molecular complexity index is 263. The Balaban J connectivity index is 2.44. The topological polar surface area (TPSA) is 83.6 Å². The quantitative estimate of drug-likeness (QED) is 0.601. The maximum absolute atomic E-state index is 10.9. The molecule has 0 spiro atoms. The van der Waals surface area contributed by atoms with Gasteiger partial charge in [-0.1, -0.05) is 6.08 Å². The highest BCUT2D eigenvalue weighted by Gasteiger charge is 2.27. The molecule has 1 saturated heterocycles. The van der Waals surface area contributed by atoms with Crippen molar-refractivity contribution in [3.05, 3.63) is 12.2 Å². The molecule has 0 aliphatic carbocycles. The van der Waals surface area contributed by atoms with Crippen molar-refractivity contribution in [3.8, 4) is 0 Å². The molecular formula is C9H14N2O3. The first-order valence-electron chi connectivity index (χ1n) is 4.54. The van der Waals surface area contributed by atoms with Crippen LogP contribution in [-0.4, -0.2) is 41.0 Å². The maximum Gasteiger partial charge on any atom is 0.328 e. The lowest BCUT2D eigenvalue weighted by Crippen LogP contribution is -2.40. The Labute approximate surface area is 82.2 Å². The van der Waals surface area contributed by atoms with Crippen LogP contribution in [0.4, 0.5) is 0 Å². The molecule has 0 aromatic rings. The number of hydrogen-bond donors (Lipinski definition) is 2. The summed E-state index contributed by atoms with van der Waals surface area (Å²) < 4.78 is 0. The van der Waals surface area contributed by atoms with Crippen molar-refractivity contribution in [3.63, 3.8) is 0 Å². The number of carboxylic acids is 1. The zero-order chi connectivity index (χ0) is 10.6. The summed E-state index contributed by atoms with van der Waals surface area (Å²) >= 11 is 0. The minimum Gasteiger partial charge on any atom is -0.478 e. The third kappa shape index (κ3) is 2.85. The molecule has 0 bridgehead atoms. The molecule has 5 nitrogen and oxygen atoms in total. The lowest BCUT2D eigenvalue weighted by atomic mass is 10.2. The van der Waals surface area contributed by atoms with E-state index in [1.54, 1.807) is 0 Å². The van der Waals surface area contributed by atoms with E-state index in [9.17, 15) is 9.59 Å². The fraction of sp³-hybridized carbons (Fsp3) is 0.556. The van der Waals surface area contributed by atoms with Gasteiger partial charge in [-0.05, 0) is 19.4 Å². The maximum atomic E-state index is 10.9. The number of primary amides is 1. The third-order valence-corrected chi connectivity index (χ3v) is 2.29. The third-order valence-electron chi connectivity index (χ3n) is 2.29. The van der Waals surface area contributed by atoms with Gasteiger partial charge in [0.05, 0.1) is 6.04 Å². The van der Waals surface area contributed by atoms with Gasteiger partial charge in [-0.15, -0.1) is 0 Å². The van der Waals surface area contributed by atoms with Gasteiger partial charge in [-0.25, -0.2) is 4.79 Å². The van der Waals surface area contributed by atoms with Crippen molar-refractivity contribution < 1.29 is 14.7 Å². The van der Waals surface area contributed by atoms with Crippen molar-refractivity contribution in [1.29, 1.82) is 0 Å². The normalized spacial score (nSPS) is 23.0. The van der Waals surface area contributed by atoms with E-state index < -0.39 is 5.97 Å². The van der Waals surface area contributed by atoms with Gasteiger partial charge >= 0.3 is 5.97 Å². The molecule has 0 aromatic carbocycles. The summed E-state index contributed by atoms with van der Waals surface area (Å²) in [6.45, 7) is 1.28. The van der Waals surface area contributed by atoms with Crippen LogP contribution < -0.4 is 5.73 Å². The minimum atomic E-state index is -0.972. The summed E-state index contributed by atoms with van der Waals surface area (Å²) in [7, 11) is 0. The van der Waals surface area contributed by atoms with Crippen LogP contribution >= 0.6 is 0 Å². The smallest absolute Gasteiger partial charge is 0.328 e. The number of hydrogen-bond acceptors (Lipinski definition) is 3. The predicted molar refractivity (Wildman–Crippen MR) is 50.6 cm³/mol. The first-order chi connectivity index (χ1) is 6.61. The highest BCUT2D eigenvalue weighted by molar-refractivity contribution is 5.80. The average Bonchev–Trinajstić information content (AvgIpc) is 2.51. The summed E-state index contributed by atoms with van der Waals surface area (Å²) in [4.78, 5) is 23.0. The van der Waals surface area contributed by atoms with Gasteiger partial charge in [0.1, 0.15) is 0 Å². The molecule has 1 aliphatic heterocycles. The fourth-order valence-electron chi connectivity index (χ4n) is 1.66. The van der Waals surface area contributed by atoms with E-state index in [4.69, 9.17) is 10.8 Å². The van der Waals surface area contributed by atoms with E-state index in [0.717, 1.165) is 25.5 Å². The summed E-state index contributed by atoms with van der Waals surface area (Å²) in [6, 6.07) is -0.228. The van der Waals surface area contributed by atoms with Gasteiger partial charge in [0.15, 0.2) is 0 Å². The second kappa shape index (κ2) is 4.76. The van der Waals surface area contributed by atoms with Crippen LogP contribution in [-0.2, 0) is 9.59 Å². The van der Waals surface area contributed by atoms with Gasteiger partial charge in [-0.3, -0.25) is 9.69 Å². The van der Waals surface area contributed by atoms with E-state index in [-0.39, 0.29) is 11.9 Å². The van der Waals surface area contributed by atoms with E-state index in [0.29, 0.717) is 6.54 Å². The Morgan fingerprint density at radius 3 is 2.86 bits per heavy atom. The molecule has 1 rings (SSSR count). The number of aliphatic carboxylic acids is 1. The first kappa shape index (κ1) is 10.7. The van der Waals surface area contributed by atoms with E-state index in [1.807, 2.05) is 4.90 Å².